The average molecular weight is 353 g/mol. The molecule has 1 aromatic rings. The van der Waals surface area contributed by atoms with Crippen molar-refractivity contribution in [3.63, 3.8) is 0 Å². The van der Waals surface area contributed by atoms with Gasteiger partial charge < -0.3 is 19.7 Å². The molecule has 9 heteroatoms. The third kappa shape index (κ3) is 5.48. The predicted molar refractivity (Wildman–Crippen MR) is 87.9 cm³/mol. The van der Waals surface area contributed by atoms with Crippen molar-refractivity contribution in [1.82, 2.24) is 0 Å². The predicted octanol–water partition coefficient (Wildman–Crippen LogP) is 2.73. The number of rotatable bonds is 10. The first-order chi connectivity index (χ1) is 11.8. The Morgan fingerprint density at radius 1 is 1.20 bits per heavy atom. The molecule has 0 aliphatic heterocycles. The van der Waals surface area contributed by atoms with Gasteiger partial charge >= 0.3 is 11.9 Å². The van der Waals surface area contributed by atoms with Crippen LogP contribution in [0, 0.1) is 10.1 Å². The molecule has 1 aromatic carbocycles. The molecule has 136 valence electrons. The van der Waals surface area contributed by atoms with E-state index in [1.807, 2.05) is 6.92 Å². The van der Waals surface area contributed by atoms with Crippen LogP contribution >= 0.6 is 0 Å². The molecular weight excluding hydrogens is 334 g/mol. The molecule has 0 saturated carbocycles. The van der Waals surface area contributed by atoms with Crippen LogP contribution in [0.2, 0.25) is 0 Å². The Labute approximate surface area is 143 Å². The van der Waals surface area contributed by atoms with E-state index in [2.05, 4.69) is 0 Å². The zero-order valence-corrected chi connectivity index (χ0v) is 13.9. The number of nitro benzene ring substituents is 1. The van der Waals surface area contributed by atoms with E-state index in [-0.39, 0.29) is 17.1 Å². The normalized spacial score (nSPS) is 10.0. The van der Waals surface area contributed by atoms with E-state index in [0.717, 1.165) is 31.4 Å². The first kappa shape index (κ1) is 19.9. The average Bonchev–Trinajstić information content (AvgIpc) is 2.55. The Balaban J connectivity index is 3.37. The standard InChI is InChI=1S/C16H19NO8/c1-3-4-5-6-25-14-8-10(7-11(15(18)19)16(20)21)12(17(22)23)9-13(14)24-2/h7-9H,3-6H2,1-2H3,(H,18,19)(H,20,21). The summed E-state index contributed by atoms with van der Waals surface area (Å²) in [6.07, 6.45) is 3.40. The highest BCUT2D eigenvalue weighted by atomic mass is 16.6. The topological polar surface area (TPSA) is 136 Å². The largest absolute Gasteiger partial charge is 0.493 e. The summed E-state index contributed by atoms with van der Waals surface area (Å²) in [6, 6.07) is 2.27. The molecule has 0 radical (unpaired) electrons. The molecule has 0 unspecified atom stereocenters. The highest BCUT2D eigenvalue weighted by Crippen LogP contribution is 2.36. The number of carboxylic acid groups (broad SMARTS) is 2. The Morgan fingerprint density at radius 3 is 2.32 bits per heavy atom. The van der Waals surface area contributed by atoms with Gasteiger partial charge in [0.15, 0.2) is 11.5 Å². The Hall–Kier alpha value is -3.10. The van der Waals surface area contributed by atoms with Crippen molar-refractivity contribution in [2.24, 2.45) is 0 Å². The smallest absolute Gasteiger partial charge is 0.343 e. The van der Waals surface area contributed by atoms with E-state index in [9.17, 15) is 19.7 Å². The first-order valence-electron chi connectivity index (χ1n) is 7.49. The number of unbranched alkanes of at least 4 members (excludes halogenated alkanes) is 2. The molecule has 0 aliphatic carbocycles. The van der Waals surface area contributed by atoms with Gasteiger partial charge in [0.2, 0.25) is 0 Å². The maximum atomic E-state index is 11.2. The van der Waals surface area contributed by atoms with E-state index in [1.54, 1.807) is 0 Å². The van der Waals surface area contributed by atoms with Gasteiger partial charge in [0.1, 0.15) is 5.57 Å². The second kappa shape index (κ2) is 9.26. The van der Waals surface area contributed by atoms with Crippen LogP contribution in [0.15, 0.2) is 17.7 Å². The molecule has 0 fully saturated rings. The maximum absolute atomic E-state index is 11.2. The highest BCUT2D eigenvalue weighted by molar-refractivity contribution is 6.16. The molecule has 25 heavy (non-hydrogen) atoms. The summed E-state index contributed by atoms with van der Waals surface area (Å²) in [6.45, 7) is 2.37. The molecule has 0 aliphatic rings. The Morgan fingerprint density at radius 2 is 1.84 bits per heavy atom. The second-order valence-electron chi connectivity index (χ2n) is 5.04. The summed E-state index contributed by atoms with van der Waals surface area (Å²) in [5, 5.41) is 29.1. The van der Waals surface area contributed by atoms with Crippen molar-refractivity contribution >= 4 is 23.7 Å². The first-order valence-corrected chi connectivity index (χ1v) is 7.49. The highest BCUT2D eigenvalue weighted by Gasteiger charge is 2.23. The van der Waals surface area contributed by atoms with E-state index in [0.29, 0.717) is 6.61 Å². The molecule has 1 rings (SSSR count). The number of benzene rings is 1. The lowest BCUT2D eigenvalue weighted by atomic mass is 10.1. The molecule has 0 aromatic heterocycles. The van der Waals surface area contributed by atoms with Crippen LogP contribution in [-0.2, 0) is 9.59 Å². The van der Waals surface area contributed by atoms with Gasteiger partial charge in [0.05, 0.1) is 30.3 Å². The van der Waals surface area contributed by atoms with E-state index < -0.39 is 28.1 Å². The van der Waals surface area contributed by atoms with E-state index >= 15 is 0 Å². The van der Waals surface area contributed by atoms with Crippen LogP contribution in [0.3, 0.4) is 0 Å². The van der Waals surface area contributed by atoms with E-state index in [4.69, 9.17) is 19.7 Å². The maximum Gasteiger partial charge on any atom is 0.343 e. The number of carbonyl (C=O) groups is 2. The molecule has 0 bridgehead atoms. The molecule has 0 atom stereocenters. The SMILES string of the molecule is CCCCCOc1cc(C=C(C(=O)O)C(=O)O)c([N+](=O)[O-])cc1OC. The number of ether oxygens (including phenoxy) is 2. The number of aliphatic carboxylic acids is 2. The monoisotopic (exact) mass is 353 g/mol. The van der Waals surface area contributed by atoms with Crippen LogP contribution in [0.25, 0.3) is 6.08 Å². The molecular formula is C16H19NO8. The number of hydrogen-bond donors (Lipinski definition) is 2. The summed E-state index contributed by atoms with van der Waals surface area (Å²) in [7, 11) is 1.31. The van der Waals surface area contributed by atoms with Crippen LogP contribution in [0.5, 0.6) is 11.5 Å². The van der Waals surface area contributed by atoms with Gasteiger partial charge in [0.25, 0.3) is 5.69 Å². The summed E-state index contributed by atoms with van der Waals surface area (Å²) in [5.74, 6) is -3.14. The van der Waals surface area contributed by atoms with Crippen molar-refractivity contribution in [3.05, 3.63) is 33.4 Å². The van der Waals surface area contributed by atoms with Crippen LogP contribution < -0.4 is 9.47 Å². The fourth-order valence-corrected chi connectivity index (χ4v) is 2.02. The number of nitro groups is 1. The van der Waals surface area contributed by atoms with Gasteiger partial charge in [-0.15, -0.1) is 0 Å². The quantitative estimate of drug-likeness (QED) is 0.164. The van der Waals surface area contributed by atoms with Gasteiger partial charge in [0, 0.05) is 0 Å². The third-order valence-electron chi connectivity index (χ3n) is 3.28. The minimum atomic E-state index is -1.71. The second-order valence-corrected chi connectivity index (χ2v) is 5.04. The summed E-state index contributed by atoms with van der Waals surface area (Å²) in [4.78, 5) is 32.5. The summed E-state index contributed by atoms with van der Waals surface area (Å²) >= 11 is 0. The molecule has 0 spiro atoms. The van der Waals surface area contributed by atoms with Gasteiger partial charge in [-0.2, -0.15) is 0 Å². The molecule has 2 N–H and O–H groups in total. The lowest BCUT2D eigenvalue weighted by molar-refractivity contribution is -0.385. The number of methoxy groups -OCH3 is 1. The Bertz CT molecular complexity index is 680. The molecule has 9 nitrogen and oxygen atoms in total. The summed E-state index contributed by atoms with van der Waals surface area (Å²) < 4.78 is 10.6. The lowest BCUT2D eigenvalue weighted by Gasteiger charge is -2.12. The van der Waals surface area contributed by atoms with Crippen molar-refractivity contribution in [3.8, 4) is 11.5 Å². The van der Waals surface area contributed by atoms with Crippen molar-refractivity contribution in [2.45, 2.75) is 26.2 Å². The number of carboxylic acids is 2. The van der Waals surface area contributed by atoms with Crippen molar-refractivity contribution < 1.29 is 34.2 Å². The number of hydrogen-bond acceptors (Lipinski definition) is 6. The zero-order valence-electron chi connectivity index (χ0n) is 13.9. The molecule has 0 amide bonds. The number of nitrogens with zero attached hydrogens (tertiary/aromatic N) is 1. The minimum absolute atomic E-state index is 0.104. The van der Waals surface area contributed by atoms with E-state index in [1.165, 1.54) is 13.2 Å². The fraction of sp³-hybridized carbons (Fsp3) is 0.375. The van der Waals surface area contributed by atoms with Crippen LogP contribution in [0.4, 0.5) is 5.69 Å². The minimum Gasteiger partial charge on any atom is -0.493 e. The van der Waals surface area contributed by atoms with Gasteiger partial charge in [-0.3, -0.25) is 10.1 Å². The van der Waals surface area contributed by atoms with Crippen molar-refractivity contribution in [2.75, 3.05) is 13.7 Å². The van der Waals surface area contributed by atoms with Crippen molar-refractivity contribution in [1.29, 1.82) is 0 Å². The Kier molecular flexibility index (Phi) is 7.39. The van der Waals surface area contributed by atoms with Gasteiger partial charge in [-0.05, 0) is 18.6 Å². The molecule has 0 heterocycles. The summed E-state index contributed by atoms with van der Waals surface area (Å²) in [5.41, 5.74) is -1.68. The van der Waals surface area contributed by atoms with Crippen LogP contribution in [-0.4, -0.2) is 40.8 Å². The molecule has 0 saturated heterocycles. The third-order valence-corrected chi connectivity index (χ3v) is 3.28. The van der Waals surface area contributed by atoms with Gasteiger partial charge in [-0.25, -0.2) is 9.59 Å². The van der Waals surface area contributed by atoms with Crippen LogP contribution in [0.1, 0.15) is 31.7 Å². The fourth-order valence-electron chi connectivity index (χ4n) is 2.02. The zero-order chi connectivity index (χ0) is 19.0. The lowest BCUT2D eigenvalue weighted by Crippen LogP contribution is -2.11. The van der Waals surface area contributed by atoms with Gasteiger partial charge in [-0.1, -0.05) is 19.8 Å².